The quantitative estimate of drug-likeness (QED) is 0.786. The molecule has 0 bridgehead atoms. The van der Waals surface area contributed by atoms with Crippen LogP contribution in [0.15, 0.2) is 0 Å². The Labute approximate surface area is 105 Å². The first-order valence-corrected chi connectivity index (χ1v) is 7.08. The van der Waals surface area contributed by atoms with Crippen molar-refractivity contribution in [3.8, 4) is 0 Å². The maximum absolute atomic E-state index is 11.0. The van der Waals surface area contributed by atoms with E-state index in [1.165, 1.54) is 32.1 Å². The zero-order valence-corrected chi connectivity index (χ0v) is 11.5. The maximum atomic E-state index is 11.0. The maximum Gasteiger partial charge on any atom is 0.303 e. The van der Waals surface area contributed by atoms with Crippen LogP contribution in [0.2, 0.25) is 0 Å². The Bertz CT molecular complexity index is 308. The van der Waals surface area contributed by atoms with Crippen LogP contribution >= 0.6 is 0 Å². The predicted octanol–water partition coefficient (Wildman–Crippen LogP) is 4.09. The molecule has 17 heavy (non-hydrogen) atoms. The second kappa shape index (κ2) is 4.29. The molecule has 3 atom stereocenters. The van der Waals surface area contributed by atoms with Gasteiger partial charge < -0.3 is 5.11 Å². The average Bonchev–Trinajstić information content (AvgIpc) is 2.18. The fourth-order valence-corrected chi connectivity index (χ4v) is 4.82. The predicted molar refractivity (Wildman–Crippen MR) is 68.8 cm³/mol. The van der Waals surface area contributed by atoms with Crippen LogP contribution < -0.4 is 0 Å². The molecule has 98 valence electrons. The Morgan fingerprint density at radius 1 is 1.18 bits per heavy atom. The van der Waals surface area contributed by atoms with E-state index in [4.69, 9.17) is 5.11 Å². The SMILES string of the molecule is CC1(C)CCCC2(C)C(CC(=O)O)CCCC12. The van der Waals surface area contributed by atoms with E-state index in [9.17, 15) is 4.79 Å². The Balaban J connectivity index is 2.24. The van der Waals surface area contributed by atoms with Crippen molar-refractivity contribution in [3.63, 3.8) is 0 Å². The summed E-state index contributed by atoms with van der Waals surface area (Å²) in [6.07, 6.45) is 7.85. The standard InChI is InChI=1S/C15H26O2/c1-14(2)8-5-9-15(3)11(10-13(16)17)6-4-7-12(14)15/h11-12H,4-10H2,1-3H3,(H,16,17). The largest absolute Gasteiger partial charge is 0.481 e. The number of hydrogen-bond donors (Lipinski definition) is 1. The van der Waals surface area contributed by atoms with Crippen molar-refractivity contribution in [2.24, 2.45) is 22.7 Å². The number of rotatable bonds is 2. The van der Waals surface area contributed by atoms with Gasteiger partial charge in [0.1, 0.15) is 0 Å². The fourth-order valence-electron chi connectivity index (χ4n) is 4.82. The van der Waals surface area contributed by atoms with Crippen molar-refractivity contribution >= 4 is 5.97 Å². The van der Waals surface area contributed by atoms with E-state index in [1.807, 2.05) is 0 Å². The highest BCUT2D eigenvalue weighted by Gasteiger charge is 2.51. The molecule has 3 unspecified atom stereocenters. The van der Waals surface area contributed by atoms with E-state index < -0.39 is 5.97 Å². The van der Waals surface area contributed by atoms with Crippen molar-refractivity contribution in [1.82, 2.24) is 0 Å². The molecule has 0 heterocycles. The minimum Gasteiger partial charge on any atom is -0.481 e. The molecule has 2 saturated carbocycles. The third-order valence-electron chi connectivity index (χ3n) is 5.67. The summed E-state index contributed by atoms with van der Waals surface area (Å²) in [5.74, 6) is 0.514. The first-order valence-electron chi connectivity index (χ1n) is 7.08. The zero-order chi connectivity index (χ0) is 12.7. The van der Waals surface area contributed by atoms with Gasteiger partial charge in [0.05, 0.1) is 0 Å². The lowest BCUT2D eigenvalue weighted by Gasteiger charge is -2.57. The molecule has 2 nitrogen and oxygen atoms in total. The van der Waals surface area contributed by atoms with Gasteiger partial charge in [-0.15, -0.1) is 0 Å². The summed E-state index contributed by atoms with van der Waals surface area (Å²) < 4.78 is 0. The topological polar surface area (TPSA) is 37.3 Å². The van der Waals surface area contributed by atoms with Crippen LogP contribution in [0.25, 0.3) is 0 Å². The summed E-state index contributed by atoms with van der Waals surface area (Å²) in [4.78, 5) is 11.0. The van der Waals surface area contributed by atoms with Gasteiger partial charge in [-0.25, -0.2) is 0 Å². The molecule has 0 amide bonds. The Morgan fingerprint density at radius 2 is 1.88 bits per heavy atom. The molecule has 0 aromatic rings. The highest BCUT2D eigenvalue weighted by molar-refractivity contribution is 5.67. The average molecular weight is 238 g/mol. The minimum atomic E-state index is -0.611. The van der Waals surface area contributed by atoms with Crippen molar-refractivity contribution in [2.75, 3.05) is 0 Å². The molecule has 2 heteroatoms. The first kappa shape index (κ1) is 12.9. The normalized spacial score (nSPS) is 40.6. The van der Waals surface area contributed by atoms with Gasteiger partial charge >= 0.3 is 5.97 Å². The van der Waals surface area contributed by atoms with Crippen LogP contribution in [0, 0.1) is 22.7 Å². The Hall–Kier alpha value is -0.530. The lowest BCUT2D eigenvalue weighted by Crippen LogP contribution is -2.49. The van der Waals surface area contributed by atoms with Gasteiger partial charge in [0.25, 0.3) is 0 Å². The van der Waals surface area contributed by atoms with Gasteiger partial charge in [0.15, 0.2) is 0 Å². The van der Waals surface area contributed by atoms with Gasteiger partial charge in [-0.2, -0.15) is 0 Å². The second-order valence-corrected chi connectivity index (χ2v) is 7.13. The first-order chi connectivity index (χ1) is 7.86. The molecule has 0 spiro atoms. The van der Waals surface area contributed by atoms with E-state index in [-0.39, 0.29) is 5.41 Å². The number of carboxylic acid groups (broad SMARTS) is 1. The number of hydrogen-bond acceptors (Lipinski definition) is 1. The molecular formula is C15H26O2. The van der Waals surface area contributed by atoms with Crippen LogP contribution in [0.3, 0.4) is 0 Å². The third kappa shape index (κ3) is 2.23. The molecule has 0 radical (unpaired) electrons. The lowest BCUT2D eigenvalue weighted by molar-refractivity contribution is -0.143. The monoisotopic (exact) mass is 238 g/mol. The number of carbonyl (C=O) groups is 1. The molecule has 2 fully saturated rings. The highest BCUT2D eigenvalue weighted by atomic mass is 16.4. The van der Waals surface area contributed by atoms with Crippen molar-refractivity contribution in [2.45, 2.75) is 65.7 Å². The number of carboxylic acids is 1. The summed E-state index contributed by atoms with van der Waals surface area (Å²) in [7, 11) is 0. The number of fused-ring (bicyclic) bond motifs is 1. The van der Waals surface area contributed by atoms with Gasteiger partial charge in [-0.3, -0.25) is 4.79 Å². The molecule has 0 aliphatic heterocycles. The minimum absolute atomic E-state index is 0.276. The Morgan fingerprint density at radius 3 is 2.53 bits per heavy atom. The number of aliphatic carboxylic acids is 1. The lowest BCUT2D eigenvalue weighted by atomic mass is 9.48. The van der Waals surface area contributed by atoms with Gasteiger partial charge in [0, 0.05) is 6.42 Å². The van der Waals surface area contributed by atoms with E-state index in [1.54, 1.807) is 0 Å². The van der Waals surface area contributed by atoms with Crippen molar-refractivity contribution in [1.29, 1.82) is 0 Å². The second-order valence-electron chi connectivity index (χ2n) is 7.13. The van der Waals surface area contributed by atoms with Crippen molar-refractivity contribution < 1.29 is 9.90 Å². The molecule has 0 aromatic carbocycles. The summed E-state index contributed by atoms with van der Waals surface area (Å²) >= 11 is 0. The van der Waals surface area contributed by atoms with Crippen LogP contribution in [0.5, 0.6) is 0 Å². The van der Waals surface area contributed by atoms with E-state index in [0.29, 0.717) is 17.8 Å². The molecular weight excluding hydrogens is 212 g/mol. The molecule has 2 aliphatic carbocycles. The van der Waals surface area contributed by atoms with E-state index in [2.05, 4.69) is 20.8 Å². The van der Waals surface area contributed by atoms with Crippen LogP contribution in [-0.2, 0) is 4.79 Å². The van der Waals surface area contributed by atoms with Gasteiger partial charge in [-0.05, 0) is 48.3 Å². The van der Waals surface area contributed by atoms with Crippen molar-refractivity contribution in [3.05, 3.63) is 0 Å². The summed E-state index contributed by atoms with van der Waals surface area (Å²) in [5, 5.41) is 9.10. The molecule has 2 rings (SSSR count). The smallest absolute Gasteiger partial charge is 0.303 e. The summed E-state index contributed by atoms with van der Waals surface area (Å²) in [5.41, 5.74) is 0.683. The van der Waals surface area contributed by atoms with Crippen LogP contribution in [-0.4, -0.2) is 11.1 Å². The zero-order valence-electron chi connectivity index (χ0n) is 11.5. The summed E-state index contributed by atoms with van der Waals surface area (Å²) in [6, 6.07) is 0. The van der Waals surface area contributed by atoms with Crippen LogP contribution in [0.4, 0.5) is 0 Å². The van der Waals surface area contributed by atoms with Crippen LogP contribution in [0.1, 0.15) is 65.7 Å². The third-order valence-corrected chi connectivity index (χ3v) is 5.67. The molecule has 1 N–H and O–H groups in total. The fraction of sp³-hybridized carbons (Fsp3) is 0.933. The Kier molecular flexibility index (Phi) is 3.26. The van der Waals surface area contributed by atoms with E-state index >= 15 is 0 Å². The summed E-state index contributed by atoms with van der Waals surface area (Å²) in [6.45, 7) is 7.14. The highest BCUT2D eigenvalue weighted by Crippen LogP contribution is 2.60. The van der Waals surface area contributed by atoms with E-state index in [0.717, 1.165) is 12.3 Å². The molecule has 2 aliphatic rings. The van der Waals surface area contributed by atoms with Gasteiger partial charge in [-0.1, -0.05) is 33.6 Å². The molecule has 0 aromatic heterocycles. The molecule has 0 saturated heterocycles. The van der Waals surface area contributed by atoms with Gasteiger partial charge in [0.2, 0.25) is 0 Å².